The van der Waals surface area contributed by atoms with Crippen LogP contribution in [-0.4, -0.2) is 118 Å². The predicted octanol–water partition coefficient (Wildman–Crippen LogP) is -1.36. The fraction of sp³-hybridized carbons (Fsp3) is 1.00. The van der Waals surface area contributed by atoms with E-state index in [1.54, 1.807) is 20.8 Å². The van der Waals surface area contributed by atoms with E-state index in [-0.39, 0.29) is 51.3 Å². The zero-order valence-corrected chi connectivity index (χ0v) is 18.6. The first-order valence-electron chi connectivity index (χ1n) is 9.87. The molecule has 0 aliphatic heterocycles. The highest BCUT2D eigenvalue weighted by molar-refractivity contribution is 4.53. The van der Waals surface area contributed by atoms with Crippen molar-refractivity contribution in [2.45, 2.75) is 78.0 Å². The lowest BCUT2D eigenvalue weighted by atomic mass is 10.3. The van der Waals surface area contributed by atoms with Crippen molar-refractivity contribution in [1.29, 1.82) is 0 Å². The first-order chi connectivity index (χ1) is 13.6. The summed E-state index contributed by atoms with van der Waals surface area (Å²) < 4.78 is 10.5. The van der Waals surface area contributed by atoms with Crippen molar-refractivity contribution in [1.82, 2.24) is 0 Å². The van der Waals surface area contributed by atoms with Crippen LogP contribution in [0.5, 0.6) is 0 Å². The summed E-state index contributed by atoms with van der Waals surface area (Å²) in [5.74, 6) is 0. The molecule has 0 saturated carbocycles. The third kappa shape index (κ3) is 47.1. The Hall–Kier alpha value is -0.400. The van der Waals surface area contributed by atoms with Crippen LogP contribution in [0.25, 0.3) is 0 Å². The van der Waals surface area contributed by atoms with Gasteiger partial charge in [0.1, 0.15) is 0 Å². The van der Waals surface area contributed by atoms with Crippen LogP contribution in [0, 0.1) is 0 Å². The smallest absolute Gasteiger partial charge is 0.0781 e. The van der Waals surface area contributed by atoms with Crippen molar-refractivity contribution < 1.29 is 50.3 Å². The fourth-order valence-corrected chi connectivity index (χ4v) is 1.02. The SMILES string of the molecule is CC(O)CCO.CC(O)COC(C)COC(C)CO.CCC(O)CO.OCCO. The molecule has 5 unspecified atom stereocenters. The minimum Gasteiger partial charge on any atom is -0.396 e. The molecule has 0 rings (SSSR count). The van der Waals surface area contributed by atoms with Gasteiger partial charge in [-0.25, -0.2) is 0 Å². The Labute approximate surface area is 175 Å². The maximum atomic E-state index is 8.92. The lowest BCUT2D eigenvalue weighted by Gasteiger charge is -2.16. The Morgan fingerprint density at radius 2 is 1.10 bits per heavy atom. The molecule has 0 aliphatic rings. The summed E-state index contributed by atoms with van der Waals surface area (Å²) in [5.41, 5.74) is 0. The first kappa shape index (κ1) is 36.0. The highest BCUT2D eigenvalue weighted by Gasteiger charge is 2.07. The van der Waals surface area contributed by atoms with E-state index in [0.29, 0.717) is 26.1 Å². The summed E-state index contributed by atoms with van der Waals surface area (Å²) in [4.78, 5) is 0. The van der Waals surface area contributed by atoms with Crippen LogP contribution in [0.3, 0.4) is 0 Å². The monoisotopic (exact) mass is 434 g/mol. The molecule has 0 saturated heterocycles. The topological polar surface area (TPSA) is 180 Å². The van der Waals surface area contributed by atoms with Crippen molar-refractivity contribution >= 4 is 0 Å². The minimum atomic E-state index is -0.509. The third-order valence-corrected chi connectivity index (χ3v) is 2.82. The molecule has 0 aromatic rings. The second kappa shape index (κ2) is 29.8. The van der Waals surface area contributed by atoms with Crippen molar-refractivity contribution in [3.8, 4) is 0 Å². The van der Waals surface area contributed by atoms with Crippen LogP contribution in [-0.2, 0) is 9.47 Å². The van der Waals surface area contributed by atoms with Gasteiger partial charge in [0.25, 0.3) is 0 Å². The fourth-order valence-electron chi connectivity index (χ4n) is 1.02. The molecule has 10 heteroatoms. The van der Waals surface area contributed by atoms with Crippen molar-refractivity contribution in [3.63, 3.8) is 0 Å². The van der Waals surface area contributed by atoms with Crippen LogP contribution in [0.1, 0.15) is 47.5 Å². The number of rotatable bonds is 12. The molecule has 0 aromatic carbocycles. The van der Waals surface area contributed by atoms with Crippen molar-refractivity contribution in [3.05, 3.63) is 0 Å². The van der Waals surface area contributed by atoms with Crippen LogP contribution >= 0.6 is 0 Å². The van der Waals surface area contributed by atoms with Gasteiger partial charge in [-0.1, -0.05) is 6.92 Å². The molecule has 0 radical (unpaired) electrons. The summed E-state index contributed by atoms with van der Waals surface area (Å²) >= 11 is 0. The number of aliphatic hydroxyl groups is 8. The molecule has 0 aliphatic carbocycles. The Morgan fingerprint density at radius 1 is 0.621 bits per heavy atom. The highest BCUT2D eigenvalue weighted by Crippen LogP contribution is 1.97. The zero-order chi connectivity index (χ0) is 23.7. The Balaban J connectivity index is -0.000000163. The predicted molar refractivity (Wildman–Crippen MR) is 111 cm³/mol. The molecule has 10 nitrogen and oxygen atoms in total. The molecule has 8 N–H and O–H groups in total. The van der Waals surface area contributed by atoms with E-state index in [4.69, 9.17) is 50.3 Å². The maximum absolute atomic E-state index is 8.92. The van der Waals surface area contributed by atoms with Gasteiger partial charge in [0.15, 0.2) is 0 Å². The minimum absolute atomic E-state index is 0.0170. The van der Waals surface area contributed by atoms with Gasteiger partial charge in [-0.2, -0.15) is 0 Å². The molecule has 0 heterocycles. The van der Waals surface area contributed by atoms with E-state index in [9.17, 15) is 0 Å². The van der Waals surface area contributed by atoms with E-state index in [1.807, 2.05) is 13.8 Å². The van der Waals surface area contributed by atoms with Crippen LogP contribution < -0.4 is 0 Å². The van der Waals surface area contributed by atoms with Gasteiger partial charge < -0.3 is 50.3 Å². The van der Waals surface area contributed by atoms with Gasteiger partial charge in [0, 0.05) is 6.61 Å². The molecule has 29 heavy (non-hydrogen) atoms. The van der Waals surface area contributed by atoms with Crippen molar-refractivity contribution in [2.24, 2.45) is 0 Å². The van der Waals surface area contributed by atoms with Crippen LogP contribution in [0.4, 0.5) is 0 Å². The summed E-state index contributed by atoms with van der Waals surface area (Å²) in [5, 5.41) is 65.8. The number of hydrogen-bond donors (Lipinski definition) is 8. The molecular formula is C19H46O10. The molecular weight excluding hydrogens is 388 g/mol. The molecule has 0 aromatic heterocycles. The van der Waals surface area contributed by atoms with Crippen LogP contribution in [0.15, 0.2) is 0 Å². The number of aliphatic hydroxyl groups excluding tert-OH is 8. The van der Waals surface area contributed by atoms with E-state index >= 15 is 0 Å². The second-order valence-electron chi connectivity index (χ2n) is 6.37. The summed E-state index contributed by atoms with van der Waals surface area (Å²) in [6.45, 7) is 9.29. The van der Waals surface area contributed by atoms with Gasteiger partial charge in [-0.15, -0.1) is 0 Å². The van der Waals surface area contributed by atoms with Gasteiger partial charge in [-0.3, -0.25) is 0 Å². The third-order valence-electron chi connectivity index (χ3n) is 2.82. The normalized spacial score (nSPS) is 15.2. The zero-order valence-electron chi connectivity index (χ0n) is 18.6. The lowest BCUT2D eigenvalue weighted by molar-refractivity contribution is -0.0620. The molecule has 0 amide bonds. The Bertz CT molecular complexity index is 261. The van der Waals surface area contributed by atoms with Crippen molar-refractivity contribution in [2.75, 3.05) is 46.2 Å². The average molecular weight is 435 g/mol. The highest BCUT2D eigenvalue weighted by atomic mass is 16.5. The van der Waals surface area contributed by atoms with E-state index in [0.717, 1.165) is 0 Å². The van der Waals surface area contributed by atoms with Gasteiger partial charge >= 0.3 is 0 Å². The standard InChI is InChI=1S/C9H20O4.2C4H10O2.C2H6O2/c1-7(11)5-12-9(3)6-13-8(2)4-10;1-4(6)2-3-5;1-2-4(6)3-5;3-1-2-4/h7-11H,4-6H2,1-3H3;2*4-6H,2-3H2,1H3;3-4H,1-2H2. The van der Waals surface area contributed by atoms with E-state index in [2.05, 4.69) is 0 Å². The molecule has 182 valence electrons. The molecule has 0 spiro atoms. The lowest BCUT2D eigenvalue weighted by Crippen LogP contribution is -2.24. The molecule has 5 atom stereocenters. The summed E-state index contributed by atoms with van der Waals surface area (Å²) in [6, 6.07) is 0. The van der Waals surface area contributed by atoms with Gasteiger partial charge in [-0.05, 0) is 40.5 Å². The van der Waals surface area contributed by atoms with E-state index < -0.39 is 12.2 Å². The maximum Gasteiger partial charge on any atom is 0.0781 e. The summed E-state index contributed by atoms with van der Waals surface area (Å²) in [7, 11) is 0. The van der Waals surface area contributed by atoms with Crippen LogP contribution in [0.2, 0.25) is 0 Å². The Kier molecular flexibility index (Phi) is 37.0. The molecule has 0 bridgehead atoms. The summed E-state index contributed by atoms with van der Waals surface area (Å²) in [6.07, 6.45) is -0.393. The quantitative estimate of drug-likeness (QED) is 0.183. The number of ether oxygens (including phenoxy) is 2. The first-order valence-corrected chi connectivity index (χ1v) is 9.87. The molecule has 0 fully saturated rings. The second-order valence-corrected chi connectivity index (χ2v) is 6.37. The Morgan fingerprint density at radius 3 is 1.31 bits per heavy atom. The average Bonchev–Trinajstić information content (AvgIpc) is 2.70. The van der Waals surface area contributed by atoms with Gasteiger partial charge in [0.2, 0.25) is 0 Å². The van der Waals surface area contributed by atoms with Gasteiger partial charge in [0.05, 0.1) is 70.2 Å². The largest absolute Gasteiger partial charge is 0.396 e. The number of hydrogen-bond acceptors (Lipinski definition) is 10. The van der Waals surface area contributed by atoms with E-state index in [1.165, 1.54) is 0 Å².